The van der Waals surface area contributed by atoms with E-state index < -0.39 is 0 Å². The van der Waals surface area contributed by atoms with Crippen LogP contribution in [0.15, 0.2) is 49.3 Å². The summed E-state index contributed by atoms with van der Waals surface area (Å²) >= 11 is 0. The van der Waals surface area contributed by atoms with Crippen molar-refractivity contribution in [2.45, 2.75) is 12.8 Å². The summed E-state index contributed by atoms with van der Waals surface area (Å²) in [5.41, 5.74) is 2.47. The van der Waals surface area contributed by atoms with Gasteiger partial charge in [-0.05, 0) is 37.1 Å². The quantitative estimate of drug-likeness (QED) is 0.800. The van der Waals surface area contributed by atoms with Crippen molar-refractivity contribution in [3.63, 3.8) is 0 Å². The number of hydrogen-bond acceptors (Lipinski definition) is 5. The highest BCUT2D eigenvalue weighted by molar-refractivity contribution is 5.92. The van der Waals surface area contributed by atoms with E-state index >= 15 is 0 Å². The molecule has 1 aromatic heterocycles. The van der Waals surface area contributed by atoms with Gasteiger partial charge in [-0.25, -0.2) is 9.97 Å². The lowest BCUT2D eigenvalue weighted by atomic mass is 10.2. The number of benzene rings is 1. The summed E-state index contributed by atoms with van der Waals surface area (Å²) in [6.07, 6.45) is 7.16. The van der Waals surface area contributed by atoms with Gasteiger partial charge in [0, 0.05) is 31.0 Å². The van der Waals surface area contributed by atoms with Crippen molar-refractivity contribution in [2.75, 3.05) is 29.9 Å². The molecule has 1 aromatic carbocycles. The molecule has 6 nitrogen and oxygen atoms in total. The maximum Gasteiger partial charge on any atom is 0.271 e. The molecule has 1 aliphatic rings. The molecule has 2 aromatic rings. The summed E-state index contributed by atoms with van der Waals surface area (Å²) < 4.78 is 0. The van der Waals surface area contributed by atoms with Crippen molar-refractivity contribution in [1.29, 1.82) is 0 Å². The highest BCUT2D eigenvalue weighted by Gasteiger charge is 2.12. The summed E-state index contributed by atoms with van der Waals surface area (Å²) in [5, 5.41) is 5.86. The third-order valence-electron chi connectivity index (χ3n) is 3.90. The molecule has 2 heterocycles. The maximum atomic E-state index is 11.8. The highest BCUT2D eigenvalue weighted by atomic mass is 16.1. The van der Waals surface area contributed by atoms with Crippen LogP contribution in [0, 0.1) is 0 Å². The zero-order chi connectivity index (χ0) is 16.8. The molecular formula is C18H21N5O. The Kier molecular flexibility index (Phi) is 5.05. The monoisotopic (exact) mass is 323 g/mol. The first-order chi connectivity index (χ1) is 11.8. The van der Waals surface area contributed by atoms with E-state index in [1.54, 1.807) is 12.3 Å². The topological polar surface area (TPSA) is 70.2 Å². The zero-order valence-corrected chi connectivity index (χ0v) is 13.5. The third kappa shape index (κ3) is 3.90. The second-order valence-corrected chi connectivity index (χ2v) is 5.65. The zero-order valence-electron chi connectivity index (χ0n) is 13.5. The predicted molar refractivity (Wildman–Crippen MR) is 95.7 cm³/mol. The van der Waals surface area contributed by atoms with Gasteiger partial charge in [-0.1, -0.05) is 6.08 Å². The minimum atomic E-state index is -0.260. The second-order valence-electron chi connectivity index (χ2n) is 5.65. The summed E-state index contributed by atoms with van der Waals surface area (Å²) in [6.45, 7) is 6.23. The van der Waals surface area contributed by atoms with Crippen LogP contribution >= 0.6 is 0 Å². The Morgan fingerprint density at radius 3 is 2.54 bits per heavy atom. The van der Waals surface area contributed by atoms with E-state index in [1.807, 2.05) is 12.1 Å². The Balaban J connectivity index is 1.61. The number of carbonyl (C=O) groups excluding carboxylic acids is 1. The van der Waals surface area contributed by atoms with E-state index in [4.69, 9.17) is 0 Å². The summed E-state index contributed by atoms with van der Waals surface area (Å²) in [7, 11) is 0. The first kappa shape index (κ1) is 16.0. The number of nitrogens with zero attached hydrogens (tertiary/aromatic N) is 3. The lowest BCUT2D eigenvalue weighted by molar-refractivity contribution is 0.0952. The molecule has 124 valence electrons. The number of carbonyl (C=O) groups is 1. The fourth-order valence-corrected chi connectivity index (χ4v) is 2.64. The Hall–Kier alpha value is -2.89. The molecule has 0 radical (unpaired) electrons. The van der Waals surface area contributed by atoms with E-state index in [2.05, 4.69) is 44.2 Å². The van der Waals surface area contributed by atoms with Crippen LogP contribution in [0.3, 0.4) is 0 Å². The SMILES string of the molecule is C=CCNC(=O)c1cnc(Nc2ccc(N3CCCC3)cc2)cn1. The number of amides is 1. The van der Waals surface area contributed by atoms with Gasteiger partial charge in [0.25, 0.3) is 5.91 Å². The van der Waals surface area contributed by atoms with Gasteiger partial charge in [0.15, 0.2) is 0 Å². The van der Waals surface area contributed by atoms with E-state index in [9.17, 15) is 4.79 Å². The second kappa shape index (κ2) is 7.59. The number of aromatic nitrogens is 2. The number of nitrogens with one attached hydrogen (secondary N) is 2. The summed E-state index contributed by atoms with van der Waals surface area (Å²) in [4.78, 5) is 22.5. The molecular weight excluding hydrogens is 302 g/mol. The van der Waals surface area contributed by atoms with Crippen LogP contribution < -0.4 is 15.5 Å². The van der Waals surface area contributed by atoms with Crippen LogP contribution in [0.4, 0.5) is 17.2 Å². The van der Waals surface area contributed by atoms with Crippen molar-refractivity contribution < 1.29 is 4.79 Å². The van der Waals surface area contributed by atoms with Crippen LogP contribution in [0.5, 0.6) is 0 Å². The molecule has 24 heavy (non-hydrogen) atoms. The smallest absolute Gasteiger partial charge is 0.271 e. The van der Waals surface area contributed by atoms with Gasteiger partial charge in [0.05, 0.1) is 12.4 Å². The van der Waals surface area contributed by atoms with Crippen molar-refractivity contribution in [2.24, 2.45) is 0 Å². The molecule has 0 unspecified atom stereocenters. The molecule has 0 spiro atoms. The normalized spacial score (nSPS) is 13.6. The van der Waals surface area contributed by atoms with Crippen LogP contribution in [0.1, 0.15) is 23.3 Å². The van der Waals surface area contributed by atoms with Gasteiger partial charge in [-0.3, -0.25) is 4.79 Å². The van der Waals surface area contributed by atoms with Crippen LogP contribution in [0.25, 0.3) is 0 Å². The van der Waals surface area contributed by atoms with E-state index in [1.165, 1.54) is 24.7 Å². The maximum absolute atomic E-state index is 11.8. The molecule has 1 fully saturated rings. The molecule has 0 aliphatic carbocycles. The van der Waals surface area contributed by atoms with Crippen molar-refractivity contribution in [3.05, 3.63) is 55.0 Å². The van der Waals surface area contributed by atoms with Crippen LogP contribution in [-0.4, -0.2) is 35.5 Å². The lowest BCUT2D eigenvalue weighted by Gasteiger charge is -2.17. The fraction of sp³-hybridized carbons (Fsp3) is 0.278. The van der Waals surface area contributed by atoms with Gasteiger partial charge in [0.1, 0.15) is 11.5 Å². The molecule has 1 aliphatic heterocycles. The highest BCUT2D eigenvalue weighted by Crippen LogP contribution is 2.23. The molecule has 6 heteroatoms. The average molecular weight is 323 g/mol. The predicted octanol–water partition coefficient (Wildman–Crippen LogP) is 2.74. The minimum absolute atomic E-state index is 0.260. The first-order valence-electron chi connectivity index (χ1n) is 8.09. The standard InChI is InChI=1S/C18H21N5O/c1-2-9-19-18(24)16-12-21-17(13-20-16)22-14-5-7-15(8-6-14)23-10-3-4-11-23/h2,5-8,12-13H,1,3-4,9-11H2,(H,19,24)(H,21,22). The summed E-state index contributed by atoms with van der Waals surface area (Å²) in [6, 6.07) is 8.27. The molecule has 0 saturated carbocycles. The van der Waals surface area contributed by atoms with Gasteiger partial charge < -0.3 is 15.5 Å². The van der Waals surface area contributed by atoms with Gasteiger partial charge in [-0.15, -0.1) is 6.58 Å². The molecule has 0 bridgehead atoms. The third-order valence-corrected chi connectivity index (χ3v) is 3.90. The van der Waals surface area contributed by atoms with Crippen LogP contribution in [-0.2, 0) is 0 Å². The van der Waals surface area contributed by atoms with Gasteiger partial charge in [-0.2, -0.15) is 0 Å². The van der Waals surface area contributed by atoms with E-state index in [-0.39, 0.29) is 11.6 Å². The van der Waals surface area contributed by atoms with Gasteiger partial charge >= 0.3 is 0 Å². The molecule has 2 N–H and O–H groups in total. The summed E-state index contributed by atoms with van der Waals surface area (Å²) in [5.74, 6) is 0.341. The van der Waals surface area contributed by atoms with Gasteiger partial charge in [0.2, 0.25) is 0 Å². The Labute approximate surface area is 141 Å². The Morgan fingerprint density at radius 1 is 1.17 bits per heavy atom. The Morgan fingerprint density at radius 2 is 1.92 bits per heavy atom. The fourth-order valence-electron chi connectivity index (χ4n) is 2.64. The van der Waals surface area contributed by atoms with Crippen molar-refractivity contribution in [1.82, 2.24) is 15.3 Å². The van der Waals surface area contributed by atoms with Crippen molar-refractivity contribution >= 4 is 23.1 Å². The molecule has 3 rings (SSSR count). The molecule has 1 saturated heterocycles. The largest absolute Gasteiger partial charge is 0.372 e. The minimum Gasteiger partial charge on any atom is -0.372 e. The average Bonchev–Trinajstić information content (AvgIpc) is 3.15. The molecule has 1 amide bonds. The number of rotatable bonds is 6. The van der Waals surface area contributed by atoms with Crippen LogP contribution in [0.2, 0.25) is 0 Å². The number of hydrogen-bond donors (Lipinski definition) is 2. The van der Waals surface area contributed by atoms with Crippen molar-refractivity contribution in [3.8, 4) is 0 Å². The first-order valence-corrected chi connectivity index (χ1v) is 8.09. The van der Waals surface area contributed by atoms with E-state index in [0.717, 1.165) is 18.8 Å². The lowest BCUT2D eigenvalue weighted by Crippen LogP contribution is -2.24. The Bertz CT molecular complexity index is 690. The van der Waals surface area contributed by atoms with E-state index in [0.29, 0.717) is 12.4 Å². The molecule has 0 atom stereocenters. The number of anilines is 3.